The van der Waals surface area contributed by atoms with Crippen LogP contribution in [0, 0.1) is 6.92 Å². The fraction of sp³-hybridized carbons (Fsp3) is 0.0667. The van der Waals surface area contributed by atoms with Gasteiger partial charge in [0.25, 0.3) is 0 Å². The molecule has 0 aliphatic heterocycles. The normalized spacial score (nSPS) is 13.7. The highest BCUT2D eigenvalue weighted by Crippen LogP contribution is 2.36. The van der Waals surface area contributed by atoms with Crippen LogP contribution in [0.5, 0.6) is 0 Å². The lowest BCUT2D eigenvalue weighted by Gasteiger charge is -2.23. The minimum absolute atomic E-state index is 0.0496. The first-order chi connectivity index (χ1) is 10.2. The average Bonchev–Trinajstić information content (AvgIpc) is 2.45. The van der Waals surface area contributed by atoms with Crippen LogP contribution in [0.3, 0.4) is 0 Å². The summed E-state index contributed by atoms with van der Waals surface area (Å²) in [6.07, 6.45) is 0. The molecule has 0 atom stereocenters. The molecule has 0 amide bonds. The van der Waals surface area contributed by atoms with Gasteiger partial charge in [-0.05, 0) is 18.6 Å². The molecule has 0 spiro atoms. The molecule has 7 heteroatoms. The second-order valence-corrected chi connectivity index (χ2v) is 6.36. The summed E-state index contributed by atoms with van der Waals surface area (Å²) in [5.74, 6) is -0.972. The van der Waals surface area contributed by atoms with Crippen molar-refractivity contribution in [1.82, 2.24) is 0 Å². The molecule has 3 rings (SSSR count). The monoisotopic (exact) mass is 316 g/mol. The molecule has 0 heterocycles. The number of hydrogen-bond acceptors (Lipinski definition) is 6. The van der Waals surface area contributed by atoms with Crippen molar-refractivity contribution in [2.45, 2.75) is 11.8 Å². The fourth-order valence-electron chi connectivity index (χ4n) is 2.69. The van der Waals surface area contributed by atoms with Gasteiger partial charge in [-0.3, -0.25) is 9.59 Å². The summed E-state index contributed by atoms with van der Waals surface area (Å²) in [5, 5.41) is 0. The molecular formula is C15H10NO5S-. The van der Waals surface area contributed by atoms with E-state index in [9.17, 15) is 22.6 Å². The molecule has 22 heavy (non-hydrogen) atoms. The summed E-state index contributed by atoms with van der Waals surface area (Å²) in [6.45, 7) is 1.46. The van der Waals surface area contributed by atoms with Gasteiger partial charge in [0.2, 0.25) is 0 Å². The van der Waals surface area contributed by atoms with Gasteiger partial charge in [0.05, 0.1) is 16.1 Å². The summed E-state index contributed by atoms with van der Waals surface area (Å²) < 4.78 is 33.9. The van der Waals surface area contributed by atoms with Gasteiger partial charge in [-0.25, -0.2) is 8.42 Å². The van der Waals surface area contributed by atoms with Crippen LogP contribution < -0.4 is 5.73 Å². The van der Waals surface area contributed by atoms with E-state index in [0.717, 1.165) is 6.07 Å². The van der Waals surface area contributed by atoms with Crippen LogP contribution in [0.1, 0.15) is 37.4 Å². The molecule has 0 unspecified atom stereocenters. The Kier molecular flexibility index (Phi) is 2.95. The Morgan fingerprint density at radius 1 is 1.00 bits per heavy atom. The van der Waals surface area contributed by atoms with E-state index < -0.39 is 32.3 Å². The Morgan fingerprint density at radius 3 is 2.00 bits per heavy atom. The summed E-state index contributed by atoms with van der Waals surface area (Å²) in [6, 6.07) is 7.24. The molecule has 0 bridgehead atoms. The Morgan fingerprint density at radius 2 is 1.50 bits per heavy atom. The van der Waals surface area contributed by atoms with Crippen LogP contribution >= 0.6 is 0 Å². The van der Waals surface area contributed by atoms with Crippen LogP contribution in [0.4, 0.5) is 5.69 Å². The van der Waals surface area contributed by atoms with Gasteiger partial charge in [0, 0.05) is 16.7 Å². The predicted octanol–water partition coefficient (Wildman–Crippen LogP) is 1.26. The zero-order valence-electron chi connectivity index (χ0n) is 11.4. The van der Waals surface area contributed by atoms with E-state index in [-0.39, 0.29) is 27.8 Å². The van der Waals surface area contributed by atoms with Gasteiger partial charge in [0.1, 0.15) is 10.1 Å². The largest absolute Gasteiger partial charge is 0.744 e. The number of rotatable bonds is 1. The number of carbonyl (C=O) groups is 2. The molecule has 1 aliphatic carbocycles. The third-order valence-electron chi connectivity index (χ3n) is 3.67. The fourth-order valence-corrected chi connectivity index (χ4v) is 3.38. The van der Waals surface area contributed by atoms with Gasteiger partial charge in [0.15, 0.2) is 11.6 Å². The van der Waals surface area contributed by atoms with E-state index in [1.54, 1.807) is 12.1 Å². The highest BCUT2D eigenvalue weighted by molar-refractivity contribution is 7.86. The Labute approximate surface area is 126 Å². The summed E-state index contributed by atoms with van der Waals surface area (Å²) >= 11 is 0. The van der Waals surface area contributed by atoms with Crippen LogP contribution in [0.15, 0.2) is 35.2 Å². The lowest BCUT2D eigenvalue weighted by Crippen LogP contribution is -2.24. The summed E-state index contributed by atoms with van der Waals surface area (Å²) in [5.41, 5.74) is 5.70. The first-order valence-corrected chi connectivity index (χ1v) is 7.71. The molecule has 2 N–H and O–H groups in total. The van der Waals surface area contributed by atoms with Crippen LogP contribution in [-0.2, 0) is 10.1 Å². The van der Waals surface area contributed by atoms with E-state index in [1.165, 1.54) is 19.1 Å². The smallest absolute Gasteiger partial charge is 0.196 e. The number of anilines is 1. The lowest BCUT2D eigenvalue weighted by atomic mass is 9.81. The maximum absolute atomic E-state index is 12.6. The van der Waals surface area contributed by atoms with Crippen molar-refractivity contribution in [3.63, 3.8) is 0 Å². The van der Waals surface area contributed by atoms with Crippen LogP contribution in [-0.4, -0.2) is 24.5 Å². The van der Waals surface area contributed by atoms with Crippen molar-refractivity contribution in [2.75, 3.05) is 5.73 Å². The second-order valence-electron chi connectivity index (χ2n) is 5.01. The molecule has 2 aromatic carbocycles. The standard InChI is InChI=1S/C15H11NO5S/c1-7-6-10(22(19,20)21)13(16)12-11(7)14(17)8-4-2-3-5-9(8)15(12)18/h2-6H,16H2,1H3,(H,19,20,21)/p-1. The topological polar surface area (TPSA) is 117 Å². The van der Waals surface area contributed by atoms with Crippen LogP contribution in [0.2, 0.25) is 0 Å². The number of benzene rings is 2. The van der Waals surface area contributed by atoms with Gasteiger partial charge in [-0.2, -0.15) is 0 Å². The first kappa shape index (κ1) is 14.4. The van der Waals surface area contributed by atoms with Crippen molar-refractivity contribution < 1.29 is 22.6 Å². The van der Waals surface area contributed by atoms with E-state index >= 15 is 0 Å². The van der Waals surface area contributed by atoms with E-state index in [0.29, 0.717) is 0 Å². The summed E-state index contributed by atoms with van der Waals surface area (Å²) in [7, 11) is -4.85. The second kappa shape index (κ2) is 4.49. The van der Waals surface area contributed by atoms with Gasteiger partial charge < -0.3 is 10.3 Å². The number of nitrogens with two attached hydrogens (primary N) is 1. The van der Waals surface area contributed by atoms with Crippen molar-refractivity contribution in [1.29, 1.82) is 0 Å². The van der Waals surface area contributed by atoms with Gasteiger partial charge in [-0.15, -0.1) is 0 Å². The average molecular weight is 316 g/mol. The van der Waals surface area contributed by atoms with E-state index in [2.05, 4.69) is 0 Å². The van der Waals surface area contributed by atoms with E-state index in [4.69, 9.17) is 5.73 Å². The van der Waals surface area contributed by atoms with Crippen LogP contribution in [0.25, 0.3) is 0 Å². The van der Waals surface area contributed by atoms with Crippen molar-refractivity contribution >= 4 is 27.4 Å². The zero-order valence-corrected chi connectivity index (χ0v) is 12.2. The number of hydrogen-bond donors (Lipinski definition) is 1. The summed E-state index contributed by atoms with van der Waals surface area (Å²) in [4.78, 5) is 24.5. The van der Waals surface area contributed by atoms with Gasteiger partial charge in [-0.1, -0.05) is 24.3 Å². The van der Waals surface area contributed by atoms with E-state index in [1.807, 2.05) is 0 Å². The first-order valence-electron chi connectivity index (χ1n) is 6.31. The number of ketones is 2. The van der Waals surface area contributed by atoms with Gasteiger partial charge >= 0.3 is 0 Å². The molecule has 0 fully saturated rings. The number of nitrogen functional groups attached to an aromatic ring is 1. The third kappa shape index (κ3) is 1.87. The number of fused-ring (bicyclic) bond motifs is 2. The molecular weight excluding hydrogens is 306 g/mol. The molecule has 2 aromatic rings. The van der Waals surface area contributed by atoms with Crippen molar-refractivity contribution in [3.05, 3.63) is 58.1 Å². The molecule has 0 aromatic heterocycles. The predicted molar refractivity (Wildman–Crippen MR) is 76.9 cm³/mol. The molecule has 112 valence electrons. The van der Waals surface area contributed by atoms with Crippen molar-refractivity contribution in [2.24, 2.45) is 0 Å². The number of carbonyl (C=O) groups excluding carboxylic acids is 2. The molecule has 0 saturated carbocycles. The third-order valence-corrected chi connectivity index (χ3v) is 4.54. The zero-order chi connectivity index (χ0) is 16.2. The number of aryl methyl sites for hydroxylation is 1. The molecule has 1 aliphatic rings. The molecule has 0 saturated heterocycles. The molecule has 0 radical (unpaired) electrons. The highest BCUT2D eigenvalue weighted by atomic mass is 32.2. The lowest BCUT2D eigenvalue weighted by molar-refractivity contribution is 0.0979. The Hall–Kier alpha value is -2.51. The quantitative estimate of drug-likeness (QED) is 0.533. The molecule has 6 nitrogen and oxygen atoms in total. The highest BCUT2D eigenvalue weighted by Gasteiger charge is 2.34. The minimum Gasteiger partial charge on any atom is -0.744 e. The maximum atomic E-state index is 12.6. The minimum atomic E-state index is -4.85. The SMILES string of the molecule is Cc1cc(S(=O)(=O)[O-])c(N)c2c1C(=O)c1ccccc1C2=O. The maximum Gasteiger partial charge on any atom is 0.196 e. The van der Waals surface area contributed by atoms with Crippen molar-refractivity contribution in [3.8, 4) is 0 Å². The Balaban J connectivity index is 2.44. The Bertz CT molecular complexity index is 960.